The molecule has 0 aliphatic heterocycles. The molecule has 0 aliphatic rings. The molecule has 0 fully saturated rings. The van der Waals surface area contributed by atoms with Gasteiger partial charge in [0, 0.05) is 33.2 Å². The van der Waals surface area contributed by atoms with Gasteiger partial charge in [-0.25, -0.2) is 9.97 Å². The van der Waals surface area contributed by atoms with Crippen molar-refractivity contribution < 1.29 is 13.7 Å². The average molecular weight is 391 g/mol. The van der Waals surface area contributed by atoms with Crippen LogP contribution < -0.4 is 4.99 Å². The molecule has 8 nitrogen and oxygen atoms in total. The van der Waals surface area contributed by atoms with Crippen LogP contribution in [0, 0.1) is 0 Å². The summed E-state index contributed by atoms with van der Waals surface area (Å²) in [5.41, 5.74) is 3.21. The van der Waals surface area contributed by atoms with Crippen LogP contribution >= 0.6 is 12.0 Å². The van der Waals surface area contributed by atoms with Gasteiger partial charge in [0.25, 0.3) is 0 Å². The minimum Gasteiger partial charge on any atom is -0.472 e. The summed E-state index contributed by atoms with van der Waals surface area (Å²) in [5, 5.41) is 8.73. The first-order chi connectivity index (χ1) is 13.9. The number of rotatable bonds is 6. The van der Waals surface area contributed by atoms with E-state index >= 15 is 0 Å². The fourth-order valence-corrected chi connectivity index (χ4v) is 3.27. The second-order valence-electron chi connectivity index (χ2n) is 5.85. The van der Waals surface area contributed by atoms with Crippen LogP contribution in [-0.4, -0.2) is 24.9 Å². The van der Waals surface area contributed by atoms with Crippen LogP contribution in [0.1, 0.15) is 0 Å². The number of pyridine rings is 1. The van der Waals surface area contributed by atoms with Crippen molar-refractivity contribution >= 4 is 23.1 Å². The summed E-state index contributed by atoms with van der Waals surface area (Å²) in [6.45, 7) is 0. The lowest BCUT2D eigenvalue weighted by Crippen LogP contribution is -2.07. The Morgan fingerprint density at radius 1 is 1.11 bits per heavy atom. The topological polar surface area (TPSA) is 91.0 Å². The van der Waals surface area contributed by atoms with Crippen molar-refractivity contribution in [3.63, 3.8) is 0 Å². The zero-order chi connectivity index (χ0) is 18.8. The lowest BCUT2D eigenvalue weighted by atomic mass is 10.1. The Labute approximate surface area is 163 Å². The van der Waals surface area contributed by atoms with E-state index in [1.54, 1.807) is 24.9 Å². The number of aromatic nitrogens is 5. The molecule has 5 aromatic rings. The molecule has 0 aliphatic carbocycles. The number of nitrogens with zero attached hydrogens (tertiary/aromatic N) is 4. The Balaban J connectivity index is 1.50. The van der Waals surface area contributed by atoms with Crippen molar-refractivity contribution in [3.05, 3.63) is 73.7 Å². The second kappa shape index (κ2) is 7.22. The largest absolute Gasteiger partial charge is 0.472 e. The Morgan fingerprint density at radius 2 is 2.04 bits per heavy atom. The number of hydrogen-bond acceptors (Lipinski definition) is 7. The molecule has 9 heteroatoms. The lowest BCUT2D eigenvalue weighted by molar-refractivity contribution is -0.188. The summed E-state index contributed by atoms with van der Waals surface area (Å²) in [6.07, 6.45) is 8.32. The predicted octanol–water partition coefficient (Wildman–Crippen LogP) is 4.15. The van der Waals surface area contributed by atoms with Gasteiger partial charge in [0.2, 0.25) is 0 Å². The van der Waals surface area contributed by atoms with Gasteiger partial charge in [-0.15, -0.1) is 14.9 Å². The van der Waals surface area contributed by atoms with Crippen molar-refractivity contribution in [1.82, 2.24) is 24.9 Å². The van der Waals surface area contributed by atoms with Crippen molar-refractivity contribution in [1.29, 1.82) is 0 Å². The number of furan rings is 1. The molecule has 28 heavy (non-hydrogen) atoms. The molecule has 0 saturated carbocycles. The summed E-state index contributed by atoms with van der Waals surface area (Å²) < 4.78 is 12.1. The van der Waals surface area contributed by atoms with Gasteiger partial charge in [-0.3, -0.25) is 0 Å². The number of benzene rings is 1. The summed E-state index contributed by atoms with van der Waals surface area (Å²) >= 11 is 1.12. The smallest absolute Gasteiger partial charge is 0.179 e. The molecule has 0 saturated heterocycles. The van der Waals surface area contributed by atoms with Gasteiger partial charge in [0.15, 0.2) is 11.5 Å². The van der Waals surface area contributed by atoms with Crippen molar-refractivity contribution in [2.75, 3.05) is 0 Å². The van der Waals surface area contributed by atoms with E-state index in [4.69, 9.17) is 13.7 Å². The predicted molar refractivity (Wildman–Crippen MR) is 103 cm³/mol. The summed E-state index contributed by atoms with van der Waals surface area (Å²) in [5.74, 6) is 0.636. The van der Waals surface area contributed by atoms with E-state index in [0.29, 0.717) is 11.5 Å². The molecule has 4 aromatic heterocycles. The molecule has 0 bridgehead atoms. The third-order valence-corrected chi connectivity index (χ3v) is 4.71. The van der Waals surface area contributed by atoms with Crippen LogP contribution in [0.15, 0.2) is 83.0 Å². The maximum Gasteiger partial charge on any atom is 0.179 e. The Hall–Kier alpha value is -3.56. The quantitative estimate of drug-likeness (QED) is 0.264. The monoisotopic (exact) mass is 391 g/mol. The minimum atomic E-state index is 0.605. The van der Waals surface area contributed by atoms with Gasteiger partial charge >= 0.3 is 0 Å². The molecule has 1 N–H and O–H groups in total. The van der Waals surface area contributed by atoms with Crippen LogP contribution in [-0.2, 0) is 4.33 Å². The third-order valence-electron chi connectivity index (χ3n) is 4.12. The highest BCUT2D eigenvalue weighted by molar-refractivity contribution is 7.94. The first-order valence-corrected chi connectivity index (χ1v) is 9.09. The molecule has 1 aromatic carbocycles. The SMILES string of the molecule is c1ccc(SOOn2cc(-c3ccoc3)c3cc(-c4nnc[nH]4)cnc32)cc1. The zero-order valence-electron chi connectivity index (χ0n) is 14.4. The van der Waals surface area contributed by atoms with Gasteiger partial charge in [-0.1, -0.05) is 22.5 Å². The van der Waals surface area contributed by atoms with Crippen molar-refractivity contribution in [2.24, 2.45) is 0 Å². The van der Waals surface area contributed by atoms with Gasteiger partial charge in [-0.2, -0.15) is 0 Å². The fraction of sp³-hybridized carbons (Fsp3) is 0. The molecule has 0 spiro atoms. The molecule has 138 valence electrons. The highest BCUT2D eigenvalue weighted by Gasteiger charge is 2.16. The number of fused-ring (bicyclic) bond motifs is 1. The van der Waals surface area contributed by atoms with E-state index in [9.17, 15) is 0 Å². The number of nitrogens with one attached hydrogen (secondary N) is 1. The lowest BCUT2D eigenvalue weighted by Gasteiger charge is -2.04. The van der Waals surface area contributed by atoms with Gasteiger partial charge in [0.05, 0.1) is 30.8 Å². The van der Waals surface area contributed by atoms with Crippen LogP contribution in [0.4, 0.5) is 0 Å². The first kappa shape index (κ1) is 16.6. The molecule has 4 heterocycles. The van der Waals surface area contributed by atoms with Crippen molar-refractivity contribution in [2.45, 2.75) is 4.90 Å². The molecule has 0 radical (unpaired) electrons. The van der Waals surface area contributed by atoms with Crippen LogP contribution in [0.2, 0.25) is 0 Å². The van der Waals surface area contributed by atoms with E-state index in [1.807, 2.05) is 42.5 Å². The van der Waals surface area contributed by atoms with E-state index in [2.05, 4.69) is 20.2 Å². The standard InChI is InChI=1S/C19H13N5O3S/c1-2-4-15(5-3-1)28-27-26-24-10-17(13-6-7-25-11-13)16-8-14(9-20-19(16)24)18-21-12-22-23-18/h1-12H,(H,21,22,23). The van der Waals surface area contributed by atoms with Crippen LogP contribution in [0.25, 0.3) is 33.5 Å². The van der Waals surface area contributed by atoms with E-state index < -0.39 is 0 Å². The number of aromatic amines is 1. The van der Waals surface area contributed by atoms with E-state index in [1.165, 1.54) is 11.1 Å². The summed E-state index contributed by atoms with van der Waals surface area (Å²) in [4.78, 5) is 13.9. The Bertz CT molecular complexity index is 1190. The number of hydrogen-bond donors (Lipinski definition) is 1. The first-order valence-electron chi connectivity index (χ1n) is 8.35. The molecule has 5 rings (SSSR count). The Kier molecular flexibility index (Phi) is 4.28. The molecular weight excluding hydrogens is 378 g/mol. The van der Waals surface area contributed by atoms with Crippen molar-refractivity contribution in [3.8, 4) is 22.5 Å². The summed E-state index contributed by atoms with van der Waals surface area (Å²) in [7, 11) is 0. The second-order valence-corrected chi connectivity index (χ2v) is 6.63. The van der Waals surface area contributed by atoms with E-state index in [0.717, 1.165) is 39.0 Å². The zero-order valence-corrected chi connectivity index (χ0v) is 15.2. The van der Waals surface area contributed by atoms with Gasteiger partial charge in [0.1, 0.15) is 6.33 Å². The fourth-order valence-electron chi connectivity index (χ4n) is 2.82. The normalized spacial score (nSPS) is 11.1. The molecule has 0 atom stereocenters. The Morgan fingerprint density at radius 3 is 2.82 bits per heavy atom. The van der Waals surface area contributed by atoms with Gasteiger partial charge in [-0.05, 0) is 24.3 Å². The molecule has 0 unspecified atom stereocenters. The molecule has 0 amide bonds. The highest BCUT2D eigenvalue weighted by Crippen LogP contribution is 2.32. The molecular formula is C19H13N5O3S. The van der Waals surface area contributed by atoms with Crippen LogP contribution in [0.3, 0.4) is 0 Å². The van der Waals surface area contributed by atoms with Crippen LogP contribution in [0.5, 0.6) is 0 Å². The van der Waals surface area contributed by atoms with E-state index in [-0.39, 0.29) is 0 Å². The maximum absolute atomic E-state index is 5.48. The maximum atomic E-state index is 5.48. The van der Waals surface area contributed by atoms with Gasteiger partial charge < -0.3 is 9.40 Å². The number of H-pyrrole nitrogens is 1. The highest BCUT2D eigenvalue weighted by atomic mass is 32.2. The average Bonchev–Trinajstić information content (AvgIpc) is 3.49. The third kappa shape index (κ3) is 3.13. The minimum absolute atomic E-state index is 0.605. The summed E-state index contributed by atoms with van der Waals surface area (Å²) in [6, 6.07) is 13.5.